The maximum Gasteiger partial charge on any atom is 0.212 e. The maximum atomic E-state index is 5.58. The van der Waals surface area contributed by atoms with Crippen LogP contribution in [0.4, 0.5) is 11.9 Å². The molecule has 15 nitrogen and oxygen atoms in total. The van der Waals surface area contributed by atoms with Gasteiger partial charge in [-0.05, 0) is 0 Å². The second-order valence-electron chi connectivity index (χ2n) is 7.33. The summed E-state index contributed by atoms with van der Waals surface area (Å²) in [5.74, 6) is 1.24. The molecule has 6 aromatic heterocycles. The number of imidazole rings is 6. The molecule has 0 saturated carbocycles. The molecule has 36 heavy (non-hydrogen) atoms. The lowest BCUT2D eigenvalue weighted by Crippen LogP contribution is -2.43. The average Bonchev–Trinajstić information content (AvgIpc) is 3.79. The highest BCUT2D eigenvalue weighted by molar-refractivity contribution is 8.01. The number of hydrogen-bond acceptors (Lipinski definition) is 9. The molecule has 0 amide bonds. The van der Waals surface area contributed by atoms with Gasteiger partial charge in [0.15, 0.2) is 45.9 Å². The van der Waals surface area contributed by atoms with Gasteiger partial charge in [0.05, 0.1) is 0 Å². The summed E-state index contributed by atoms with van der Waals surface area (Å²) in [6.07, 6.45) is 21.1. The van der Waals surface area contributed by atoms with Crippen LogP contribution in [0.5, 0.6) is 0 Å². The summed E-state index contributed by atoms with van der Waals surface area (Å²) in [5.41, 5.74) is 2.79. The zero-order valence-corrected chi connectivity index (χ0v) is 21.0. The van der Waals surface area contributed by atoms with Gasteiger partial charge in [0.25, 0.3) is 0 Å². The second-order valence-corrected chi connectivity index (χ2v) is 14.3. The van der Waals surface area contributed by atoms with Gasteiger partial charge in [-0.25, -0.2) is 43.3 Å². The van der Waals surface area contributed by atoms with E-state index in [1.165, 1.54) is 0 Å². The normalized spacial score (nSPS) is 19.4. The van der Waals surface area contributed by atoms with E-state index in [9.17, 15) is 0 Å². The second kappa shape index (κ2) is 8.56. The number of H-pyrrole nitrogens is 6. The van der Waals surface area contributed by atoms with Crippen LogP contribution in [0.15, 0.2) is 78.9 Å². The van der Waals surface area contributed by atoms with Crippen LogP contribution in [0, 0.1) is 0 Å². The molecule has 0 aliphatic carbocycles. The first-order valence-electron chi connectivity index (χ1n) is 10.7. The molecule has 0 radical (unpaired) electrons. The highest BCUT2D eigenvalue weighted by atomic mass is 31.3. The van der Waals surface area contributed by atoms with Gasteiger partial charge in [0, 0.05) is 74.4 Å². The molecule has 180 valence electrons. The fourth-order valence-electron chi connectivity index (χ4n) is 3.88. The molecule has 6 N–H and O–H groups in total. The largest absolute Gasteiger partial charge is 0.342 e. The molecular weight excluding hydrogens is 519 g/mol. The fourth-order valence-corrected chi connectivity index (χ4v) is 14.9. The van der Waals surface area contributed by atoms with Crippen molar-refractivity contribution in [2.45, 2.75) is 0 Å². The molecule has 6 aromatic rings. The van der Waals surface area contributed by atoms with E-state index in [-0.39, 0.29) is 0 Å². The monoisotopic (exact) mass is 537 g/mol. The smallest absolute Gasteiger partial charge is 0.212 e. The van der Waals surface area contributed by atoms with Crippen molar-refractivity contribution in [1.29, 1.82) is 0 Å². The van der Waals surface area contributed by atoms with E-state index in [0.29, 0.717) is 28.6 Å². The van der Waals surface area contributed by atoms with Crippen LogP contribution in [0.3, 0.4) is 0 Å². The van der Waals surface area contributed by atoms with Gasteiger partial charge in [-0.2, -0.15) is 0 Å². The Balaban J connectivity index is 1.63. The first kappa shape index (κ1) is 21.3. The van der Waals surface area contributed by atoms with E-state index in [0.717, 1.165) is 5.57 Å². The lowest BCUT2D eigenvalue weighted by atomic mass is 11.0. The quantitative estimate of drug-likeness (QED) is 0.172. The minimum Gasteiger partial charge on any atom is -0.342 e. The third-order valence-corrected chi connectivity index (χ3v) is 14.6. The summed E-state index contributed by atoms with van der Waals surface area (Å²) in [7, 11) is -5.90. The molecule has 0 bridgehead atoms. The van der Waals surface area contributed by atoms with Crippen LogP contribution in [0.2, 0.25) is 0 Å². The van der Waals surface area contributed by atoms with E-state index in [4.69, 9.17) is 19.5 Å². The van der Waals surface area contributed by atoms with E-state index >= 15 is 0 Å². The molecule has 7 heterocycles. The average molecular weight is 537 g/mol. The van der Waals surface area contributed by atoms with Crippen molar-refractivity contribution in [3.63, 3.8) is 0 Å². The number of hydrogen-bond donors (Lipinski definition) is 6. The Morgan fingerprint density at radius 2 is 1.08 bits per heavy atom. The van der Waals surface area contributed by atoms with Crippen LogP contribution >= 0.6 is 23.7 Å². The molecular formula is C18H18N15P3. The van der Waals surface area contributed by atoms with Gasteiger partial charge >= 0.3 is 0 Å². The summed E-state index contributed by atoms with van der Waals surface area (Å²) in [5, 5.41) is 0. The molecule has 2 unspecified atom stereocenters. The van der Waals surface area contributed by atoms with Gasteiger partial charge in [-0.15, -0.1) is 0 Å². The summed E-state index contributed by atoms with van der Waals surface area (Å²) < 4.78 is 9.87. The first-order chi connectivity index (χ1) is 17.9. The molecule has 0 fully saturated rings. The molecule has 1 aliphatic heterocycles. The standard InChI is InChI=1S/C18H18N15P3/c1-2-20-13(19-1)32-34(15-23-5-6-24-15)31-36(17-27-9-10-28-17,18-29-11-12-30-18)33(14-21-3-4-22-14)35(32)16-25-7-8-26-16/h1-12H,(H,19,20)(H,21,22)(H,23,24)(H,25,26)(H,27,28)(H,29,30). The zero-order chi connectivity index (χ0) is 24.0. The molecule has 2 atom stereocenters. The fraction of sp³-hybridized carbons (Fsp3) is 0. The van der Waals surface area contributed by atoms with Crippen molar-refractivity contribution in [2.75, 3.05) is 8.88 Å². The van der Waals surface area contributed by atoms with Gasteiger partial charge in [0.2, 0.25) is 11.9 Å². The lowest BCUT2D eigenvalue weighted by Gasteiger charge is -2.47. The third kappa shape index (κ3) is 3.17. The highest BCUT2D eigenvalue weighted by Gasteiger charge is 2.54. The van der Waals surface area contributed by atoms with Crippen molar-refractivity contribution in [1.82, 2.24) is 59.8 Å². The number of aromatic nitrogens is 12. The Kier molecular flexibility index (Phi) is 5.05. The summed E-state index contributed by atoms with van der Waals surface area (Å²) in [6.45, 7) is 0. The minimum atomic E-state index is -2.95. The minimum absolute atomic E-state index is 0.605. The number of rotatable bonds is 6. The van der Waals surface area contributed by atoms with E-state index in [1.54, 1.807) is 74.4 Å². The summed E-state index contributed by atoms with van der Waals surface area (Å²) in [6, 6.07) is 0. The first-order valence-corrected chi connectivity index (χ1v) is 14.9. The molecule has 1 aliphatic rings. The molecule has 0 spiro atoms. The van der Waals surface area contributed by atoms with Crippen LogP contribution in [0.25, 0.3) is 0 Å². The van der Waals surface area contributed by atoms with Crippen LogP contribution < -0.4 is 31.1 Å². The molecule has 7 rings (SSSR count). The van der Waals surface area contributed by atoms with Gasteiger partial charge in [0.1, 0.15) is 0 Å². The zero-order valence-electron chi connectivity index (χ0n) is 18.3. The lowest BCUT2D eigenvalue weighted by molar-refractivity contribution is 1.21. The Labute approximate surface area is 205 Å². The number of nitrogens with one attached hydrogen (secondary N) is 6. The van der Waals surface area contributed by atoms with Crippen molar-refractivity contribution in [2.24, 2.45) is 4.52 Å². The number of nitrogens with zero attached hydrogens (tertiary/aromatic N) is 9. The van der Waals surface area contributed by atoms with Gasteiger partial charge in [-0.3, -0.25) is 0 Å². The third-order valence-electron chi connectivity index (χ3n) is 5.28. The van der Waals surface area contributed by atoms with Crippen molar-refractivity contribution < 1.29 is 0 Å². The van der Waals surface area contributed by atoms with Gasteiger partial charge < -0.3 is 29.9 Å². The molecule has 18 heteroatoms. The SMILES string of the molecule is c1c[nH]c(N2P(c3ncc[nH]3)N=P(c3ncc[nH]3)(c3ncc[nH]3)N(c3ncc[nH]3)P2c2ncc[nH]2)n1. The Hall–Kier alpha value is -4.05. The molecule has 0 aromatic carbocycles. The van der Waals surface area contributed by atoms with Gasteiger partial charge in [-0.1, -0.05) is 0 Å². The predicted octanol–water partition coefficient (Wildman–Crippen LogP) is 1.39. The van der Waals surface area contributed by atoms with E-state index < -0.39 is 23.7 Å². The van der Waals surface area contributed by atoms with Crippen LogP contribution in [-0.2, 0) is 0 Å². The summed E-state index contributed by atoms with van der Waals surface area (Å²) in [4.78, 5) is 47.9. The number of anilines is 2. The van der Waals surface area contributed by atoms with Crippen LogP contribution in [0.1, 0.15) is 0 Å². The van der Waals surface area contributed by atoms with Crippen molar-refractivity contribution >= 4 is 57.8 Å². The van der Waals surface area contributed by atoms with Crippen LogP contribution in [-0.4, -0.2) is 59.8 Å². The van der Waals surface area contributed by atoms with E-state index in [1.807, 2.05) is 0 Å². The van der Waals surface area contributed by atoms with Crippen molar-refractivity contribution in [3.05, 3.63) is 74.4 Å². The Morgan fingerprint density at radius 3 is 1.61 bits per heavy atom. The van der Waals surface area contributed by atoms with E-state index in [2.05, 4.69) is 53.7 Å². The highest BCUT2D eigenvalue weighted by Crippen LogP contribution is 2.75. The Bertz CT molecular complexity index is 1520. The number of aromatic amines is 6. The summed E-state index contributed by atoms with van der Waals surface area (Å²) >= 11 is 0. The molecule has 0 saturated heterocycles. The predicted molar refractivity (Wildman–Crippen MR) is 138 cm³/mol. The van der Waals surface area contributed by atoms with Crippen molar-refractivity contribution in [3.8, 4) is 0 Å². The maximum absolute atomic E-state index is 5.58. The Morgan fingerprint density at radius 1 is 0.556 bits per heavy atom. The topological polar surface area (TPSA) is 191 Å².